The molecule has 0 spiro atoms. The molecule has 0 aliphatic rings. The fraction of sp³-hybridized carbons (Fsp3) is 0.0500. The Hall–Kier alpha value is -3.79. The van der Waals surface area contributed by atoms with E-state index in [2.05, 4.69) is 4.83 Å². The molecule has 0 aliphatic heterocycles. The van der Waals surface area contributed by atoms with E-state index >= 15 is 0 Å². The first-order valence-electron chi connectivity index (χ1n) is 8.43. The SMILES string of the molecule is Cc1ccc(S(=O)(=O)Nn2c(N)c(C#N)c(-c3ccc(Cl)cc3)c(C#N)c2=O)cc1. The number of benzene rings is 2. The van der Waals surface area contributed by atoms with Crippen molar-refractivity contribution in [3.8, 4) is 23.3 Å². The molecule has 0 unspecified atom stereocenters. The van der Waals surface area contributed by atoms with Crippen molar-refractivity contribution in [2.45, 2.75) is 11.8 Å². The first kappa shape index (κ1) is 20.9. The number of nitrogens with two attached hydrogens (primary N) is 1. The van der Waals surface area contributed by atoms with E-state index < -0.39 is 27.0 Å². The van der Waals surface area contributed by atoms with Crippen LogP contribution >= 0.6 is 11.6 Å². The molecule has 0 atom stereocenters. The molecule has 30 heavy (non-hydrogen) atoms. The number of halogens is 1. The van der Waals surface area contributed by atoms with Gasteiger partial charge in [-0.1, -0.05) is 41.4 Å². The summed E-state index contributed by atoms with van der Waals surface area (Å²) in [5.41, 5.74) is 5.53. The molecular weight excluding hydrogens is 426 g/mol. The highest BCUT2D eigenvalue weighted by Crippen LogP contribution is 2.30. The number of nitrogens with zero attached hydrogens (tertiary/aromatic N) is 3. The van der Waals surface area contributed by atoms with E-state index in [4.69, 9.17) is 17.3 Å². The number of nitrogen functional groups attached to an aromatic ring is 1. The molecule has 3 N–H and O–H groups in total. The third-order valence-electron chi connectivity index (χ3n) is 4.31. The van der Waals surface area contributed by atoms with Gasteiger partial charge in [0.1, 0.15) is 29.1 Å². The zero-order valence-electron chi connectivity index (χ0n) is 15.5. The first-order valence-corrected chi connectivity index (χ1v) is 10.3. The minimum Gasteiger partial charge on any atom is -0.382 e. The number of hydrogen-bond acceptors (Lipinski definition) is 6. The maximum Gasteiger partial charge on any atom is 0.290 e. The average Bonchev–Trinajstić information content (AvgIpc) is 2.72. The fourth-order valence-corrected chi connectivity index (χ4v) is 3.94. The van der Waals surface area contributed by atoms with Gasteiger partial charge in [-0.25, -0.2) is 4.83 Å². The van der Waals surface area contributed by atoms with Gasteiger partial charge in [0.2, 0.25) is 0 Å². The number of hydrogen-bond donors (Lipinski definition) is 2. The number of anilines is 1. The normalized spacial score (nSPS) is 10.8. The largest absolute Gasteiger partial charge is 0.382 e. The molecule has 2 aromatic carbocycles. The van der Waals surface area contributed by atoms with Crippen LogP contribution in [-0.2, 0) is 10.0 Å². The highest BCUT2D eigenvalue weighted by Gasteiger charge is 2.24. The maximum atomic E-state index is 12.9. The minimum atomic E-state index is -4.21. The van der Waals surface area contributed by atoms with Crippen molar-refractivity contribution in [2.24, 2.45) is 0 Å². The van der Waals surface area contributed by atoms with Crippen molar-refractivity contribution in [3.63, 3.8) is 0 Å². The number of sulfonamides is 1. The first-order chi connectivity index (χ1) is 14.2. The molecular formula is C20H14ClN5O3S. The molecule has 0 bridgehead atoms. The molecule has 8 nitrogen and oxygen atoms in total. The quantitative estimate of drug-likeness (QED) is 0.640. The summed E-state index contributed by atoms with van der Waals surface area (Å²) in [4.78, 5) is 14.9. The van der Waals surface area contributed by atoms with Gasteiger partial charge < -0.3 is 5.73 Å². The highest BCUT2D eigenvalue weighted by molar-refractivity contribution is 7.92. The van der Waals surface area contributed by atoms with Crippen molar-refractivity contribution in [1.82, 2.24) is 4.68 Å². The Morgan fingerprint density at radius 2 is 1.57 bits per heavy atom. The molecule has 150 valence electrons. The van der Waals surface area contributed by atoms with Gasteiger partial charge in [-0.2, -0.15) is 23.6 Å². The highest BCUT2D eigenvalue weighted by atomic mass is 35.5. The number of rotatable bonds is 4. The summed E-state index contributed by atoms with van der Waals surface area (Å²) in [6.07, 6.45) is 0. The van der Waals surface area contributed by atoms with Crippen molar-refractivity contribution in [3.05, 3.63) is 80.6 Å². The van der Waals surface area contributed by atoms with E-state index in [0.717, 1.165) is 5.56 Å². The Bertz CT molecular complexity index is 1380. The second-order valence-electron chi connectivity index (χ2n) is 6.29. The van der Waals surface area contributed by atoms with Crippen molar-refractivity contribution in [1.29, 1.82) is 10.5 Å². The molecule has 0 fully saturated rings. The average molecular weight is 440 g/mol. The van der Waals surface area contributed by atoms with Crippen LogP contribution in [0.25, 0.3) is 11.1 Å². The van der Waals surface area contributed by atoms with Gasteiger partial charge in [0.05, 0.1) is 4.90 Å². The van der Waals surface area contributed by atoms with Crippen molar-refractivity contribution in [2.75, 3.05) is 10.6 Å². The molecule has 1 heterocycles. The van der Waals surface area contributed by atoms with E-state index in [0.29, 0.717) is 15.3 Å². The predicted molar refractivity (Wildman–Crippen MR) is 113 cm³/mol. The van der Waals surface area contributed by atoms with Crippen LogP contribution < -0.4 is 16.1 Å². The Morgan fingerprint density at radius 3 is 2.10 bits per heavy atom. The monoisotopic (exact) mass is 439 g/mol. The van der Waals surface area contributed by atoms with Crippen LogP contribution in [-0.4, -0.2) is 13.1 Å². The Balaban J connectivity index is 2.24. The van der Waals surface area contributed by atoms with Gasteiger partial charge in [-0.3, -0.25) is 4.79 Å². The molecule has 3 rings (SSSR count). The van der Waals surface area contributed by atoms with Crippen molar-refractivity contribution < 1.29 is 8.42 Å². The van der Waals surface area contributed by atoms with Gasteiger partial charge in [-0.05, 0) is 36.8 Å². The lowest BCUT2D eigenvalue weighted by atomic mass is 9.97. The van der Waals surface area contributed by atoms with Gasteiger partial charge in [0.25, 0.3) is 15.6 Å². The topological polar surface area (TPSA) is 142 Å². The predicted octanol–water partition coefficient (Wildman–Crippen LogP) is 2.74. The lowest BCUT2D eigenvalue weighted by Gasteiger charge is -2.17. The zero-order chi connectivity index (χ0) is 22.1. The number of aromatic nitrogens is 1. The van der Waals surface area contributed by atoms with Gasteiger partial charge >= 0.3 is 0 Å². The summed E-state index contributed by atoms with van der Waals surface area (Å²) < 4.78 is 25.9. The number of nitriles is 2. The minimum absolute atomic E-state index is 0.00458. The summed E-state index contributed by atoms with van der Waals surface area (Å²) >= 11 is 5.88. The standard InChI is InChI=1S/C20H14ClN5O3S/c1-12-2-8-15(9-3-12)30(28,29)25-26-19(24)16(10-22)18(17(11-23)20(26)27)13-4-6-14(21)7-5-13/h2-9,25H,24H2,1H3. The molecule has 0 saturated heterocycles. The third-order valence-corrected chi connectivity index (χ3v) is 5.88. The third kappa shape index (κ3) is 3.72. The Labute approximate surface area is 177 Å². The van der Waals surface area contributed by atoms with Crippen LogP contribution in [0, 0.1) is 29.6 Å². The summed E-state index contributed by atoms with van der Waals surface area (Å²) in [6, 6.07) is 15.6. The van der Waals surface area contributed by atoms with Crippen LogP contribution in [0.4, 0.5) is 5.82 Å². The smallest absolute Gasteiger partial charge is 0.290 e. The fourth-order valence-electron chi connectivity index (χ4n) is 2.80. The lowest BCUT2D eigenvalue weighted by molar-refractivity contribution is 0.594. The van der Waals surface area contributed by atoms with E-state index in [1.807, 2.05) is 6.07 Å². The summed E-state index contributed by atoms with van der Waals surface area (Å²) in [5, 5.41) is 19.6. The molecule has 1 aromatic heterocycles. The number of pyridine rings is 1. The molecule has 0 amide bonds. The van der Waals surface area contributed by atoms with E-state index in [1.54, 1.807) is 25.1 Å². The maximum absolute atomic E-state index is 12.9. The molecule has 0 saturated carbocycles. The van der Waals surface area contributed by atoms with Gasteiger partial charge in [0, 0.05) is 10.6 Å². The van der Waals surface area contributed by atoms with E-state index in [1.165, 1.54) is 36.4 Å². The second-order valence-corrected chi connectivity index (χ2v) is 8.39. The van der Waals surface area contributed by atoms with Crippen LogP contribution in [0.2, 0.25) is 5.02 Å². The summed E-state index contributed by atoms with van der Waals surface area (Å²) in [5.74, 6) is -0.442. The van der Waals surface area contributed by atoms with Crippen LogP contribution in [0.3, 0.4) is 0 Å². The zero-order valence-corrected chi connectivity index (χ0v) is 17.1. The molecule has 3 aromatic rings. The number of nitrogens with one attached hydrogen (secondary N) is 1. The summed E-state index contributed by atoms with van der Waals surface area (Å²) in [6.45, 7) is 1.79. The summed E-state index contributed by atoms with van der Waals surface area (Å²) in [7, 11) is -4.21. The Kier molecular flexibility index (Phi) is 5.52. The van der Waals surface area contributed by atoms with Crippen LogP contribution in [0.1, 0.15) is 16.7 Å². The lowest BCUT2D eigenvalue weighted by Crippen LogP contribution is -2.37. The van der Waals surface area contributed by atoms with Crippen LogP contribution in [0.15, 0.2) is 58.2 Å². The van der Waals surface area contributed by atoms with E-state index in [-0.39, 0.29) is 16.0 Å². The van der Waals surface area contributed by atoms with Crippen molar-refractivity contribution >= 4 is 27.4 Å². The number of aryl methyl sites for hydroxylation is 1. The second kappa shape index (κ2) is 7.91. The van der Waals surface area contributed by atoms with E-state index in [9.17, 15) is 23.7 Å². The van der Waals surface area contributed by atoms with Crippen LogP contribution in [0.5, 0.6) is 0 Å². The van der Waals surface area contributed by atoms with Gasteiger partial charge in [-0.15, -0.1) is 0 Å². The Morgan fingerprint density at radius 1 is 1.00 bits per heavy atom. The molecule has 10 heteroatoms. The molecule has 0 aliphatic carbocycles. The molecule has 0 radical (unpaired) electrons. The van der Waals surface area contributed by atoms with Gasteiger partial charge in [0.15, 0.2) is 0 Å².